The number of nitrogens with one attached hydrogen (secondary N) is 3. The number of hydroxylamine groups is 2. The van der Waals surface area contributed by atoms with Crippen molar-refractivity contribution in [3.05, 3.63) is 94.5 Å². The number of piperazine rings is 1. The summed E-state index contributed by atoms with van der Waals surface area (Å²) in [6.07, 6.45) is 1.25. The van der Waals surface area contributed by atoms with Crippen LogP contribution in [0.25, 0.3) is 11.3 Å². The van der Waals surface area contributed by atoms with Crippen molar-refractivity contribution < 1.29 is 24.3 Å². The number of hydrogen-bond donors (Lipinski definition) is 4. The average Bonchev–Trinajstić information content (AvgIpc) is 3.29. The van der Waals surface area contributed by atoms with E-state index in [9.17, 15) is 19.5 Å². The second-order valence-electron chi connectivity index (χ2n) is 11.0. The van der Waals surface area contributed by atoms with Crippen molar-refractivity contribution in [1.29, 1.82) is 0 Å². The fourth-order valence-electron chi connectivity index (χ4n) is 5.86. The molecule has 2 bridgehead atoms. The van der Waals surface area contributed by atoms with Crippen molar-refractivity contribution >= 4 is 40.4 Å². The van der Waals surface area contributed by atoms with Crippen LogP contribution in [0.3, 0.4) is 0 Å². The van der Waals surface area contributed by atoms with Gasteiger partial charge in [0, 0.05) is 55.6 Å². The third kappa shape index (κ3) is 5.52. The van der Waals surface area contributed by atoms with Gasteiger partial charge in [0.25, 0.3) is 11.8 Å². The molecular weight excluding hydrogens is 534 g/mol. The van der Waals surface area contributed by atoms with E-state index in [1.54, 1.807) is 44.3 Å². The highest BCUT2D eigenvalue weighted by atomic mass is 16.7. The molecule has 2 amide bonds. The Hall–Kier alpha value is -4.51. The number of fused-ring (bicyclic) bond motifs is 3. The summed E-state index contributed by atoms with van der Waals surface area (Å²) in [5.41, 5.74) is 4.68. The minimum absolute atomic E-state index is 0.138. The van der Waals surface area contributed by atoms with Gasteiger partial charge < -0.3 is 21.1 Å². The Morgan fingerprint density at radius 1 is 1.05 bits per heavy atom. The van der Waals surface area contributed by atoms with Crippen LogP contribution >= 0.6 is 0 Å². The smallest absolute Gasteiger partial charge is 0.336 e. The molecule has 4 aliphatic rings. The summed E-state index contributed by atoms with van der Waals surface area (Å²) in [6.45, 7) is 4.96. The summed E-state index contributed by atoms with van der Waals surface area (Å²) < 4.78 is 0. The van der Waals surface area contributed by atoms with Crippen LogP contribution in [0, 0.1) is 6.92 Å². The van der Waals surface area contributed by atoms with E-state index in [1.807, 2.05) is 30.3 Å². The van der Waals surface area contributed by atoms with Gasteiger partial charge in [-0.25, -0.2) is 9.86 Å². The summed E-state index contributed by atoms with van der Waals surface area (Å²) in [4.78, 5) is 46.0. The summed E-state index contributed by atoms with van der Waals surface area (Å²) in [7, 11) is 1.62. The number of nitrogens with zero attached hydrogens (tertiary/aromatic N) is 2. The summed E-state index contributed by atoms with van der Waals surface area (Å²) >= 11 is 0. The molecule has 0 aromatic heterocycles. The summed E-state index contributed by atoms with van der Waals surface area (Å²) in [6, 6.07) is 20.8. The Labute approximate surface area is 243 Å². The fourth-order valence-corrected chi connectivity index (χ4v) is 5.86. The monoisotopic (exact) mass is 567 g/mol. The molecule has 2 unspecified atom stereocenters. The number of hydrogen-bond acceptors (Lipinski definition) is 7. The first kappa shape index (κ1) is 27.6. The molecule has 4 aliphatic heterocycles. The highest BCUT2D eigenvalue weighted by Gasteiger charge is 2.36. The molecule has 4 heterocycles. The normalized spacial score (nSPS) is 20.3. The summed E-state index contributed by atoms with van der Waals surface area (Å²) in [5, 5.41) is 20.5. The molecule has 10 nitrogen and oxygen atoms in total. The van der Waals surface area contributed by atoms with Gasteiger partial charge in [0.2, 0.25) is 0 Å². The highest BCUT2D eigenvalue weighted by molar-refractivity contribution is 6.37. The third-order valence-corrected chi connectivity index (χ3v) is 8.03. The second kappa shape index (κ2) is 11.4. The van der Waals surface area contributed by atoms with Crippen molar-refractivity contribution in [2.24, 2.45) is 0 Å². The zero-order chi connectivity index (χ0) is 29.4. The number of carboxylic acid groups (broad SMARTS) is 1. The standard InChI is InChI=1S/C32H33N5O5/c1-19-14-26-27(16-25(19)32(40)41)35-30(38)28(26)29(20-6-4-3-5-7-20)34-22-10-8-21(9-11-22)31(39)36(2)42-13-12-37-17-23-15-24(18-37)33-23/h3-11,14,16,23-24,33-34H,12-13,15,17-18H2,1-2H3,(H,35,38)(H,40,41)/b29-28+. The van der Waals surface area contributed by atoms with Gasteiger partial charge in [-0.1, -0.05) is 30.3 Å². The Kier molecular flexibility index (Phi) is 7.51. The van der Waals surface area contributed by atoms with E-state index in [2.05, 4.69) is 20.9 Å². The summed E-state index contributed by atoms with van der Waals surface area (Å²) in [5.74, 6) is -1.63. The molecule has 42 heavy (non-hydrogen) atoms. The molecule has 3 aromatic carbocycles. The maximum absolute atomic E-state index is 13.2. The van der Waals surface area contributed by atoms with Crippen LogP contribution in [0.4, 0.5) is 11.4 Å². The molecule has 3 fully saturated rings. The lowest BCUT2D eigenvalue weighted by molar-refractivity contribution is -0.113. The van der Waals surface area contributed by atoms with Gasteiger partial charge in [0.05, 0.1) is 29.1 Å². The number of anilines is 2. The SMILES string of the molecule is Cc1cc2c(cc1C(=O)O)NC(=O)/C2=C(/Nc1ccc(C(=O)N(C)OCCN2CC3CC(C2)N3)cc1)c1ccccc1. The zero-order valence-corrected chi connectivity index (χ0v) is 23.5. The number of carboxylic acids is 1. The number of benzene rings is 3. The molecule has 7 rings (SSSR count). The van der Waals surface area contributed by atoms with Crippen molar-refractivity contribution in [2.45, 2.75) is 25.4 Å². The third-order valence-electron chi connectivity index (χ3n) is 8.03. The van der Waals surface area contributed by atoms with E-state index in [0.29, 0.717) is 58.0 Å². The number of aromatic carboxylic acids is 1. The van der Waals surface area contributed by atoms with Gasteiger partial charge in [-0.05, 0) is 60.9 Å². The maximum Gasteiger partial charge on any atom is 0.336 e. The predicted molar refractivity (Wildman–Crippen MR) is 160 cm³/mol. The van der Waals surface area contributed by atoms with Crippen LogP contribution in [-0.4, -0.2) is 78.2 Å². The van der Waals surface area contributed by atoms with E-state index >= 15 is 0 Å². The number of carbonyl (C=O) groups excluding carboxylic acids is 2. The van der Waals surface area contributed by atoms with Gasteiger partial charge in [0.15, 0.2) is 0 Å². The molecule has 0 aliphatic carbocycles. The molecule has 0 spiro atoms. The van der Waals surface area contributed by atoms with Crippen LogP contribution in [0.1, 0.15) is 43.8 Å². The zero-order valence-electron chi connectivity index (χ0n) is 23.5. The van der Waals surface area contributed by atoms with E-state index in [-0.39, 0.29) is 17.4 Å². The molecule has 3 saturated heterocycles. The Morgan fingerprint density at radius 3 is 2.40 bits per heavy atom. The van der Waals surface area contributed by atoms with Crippen LogP contribution in [0.15, 0.2) is 66.7 Å². The molecule has 0 saturated carbocycles. The first-order valence-corrected chi connectivity index (χ1v) is 14.0. The minimum Gasteiger partial charge on any atom is -0.478 e. The molecule has 2 atom stereocenters. The lowest BCUT2D eigenvalue weighted by Crippen LogP contribution is -2.67. The van der Waals surface area contributed by atoms with Gasteiger partial charge in [-0.15, -0.1) is 0 Å². The molecular formula is C32H33N5O5. The Balaban J connectivity index is 1.19. The average molecular weight is 568 g/mol. The quantitative estimate of drug-likeness (QED) is 0.228. The number of aryl methyl sites for hydroxylation is 1. The van der Waals surface area contributed by atoms with Gasteiger partial charge in [-0.2, -0.15) is 0 Å². The van der Waals surface area contributed by atoms with E-state index in [0.717, 1.165) is 25.2 Å². The topological polar surface area (TPSA) is 123 Å². The lowest BCUT2D eigenvalue weighted by Gasteiger charge is -2.48. The van der Waals surface area contributed by atoms with Crippen LogP contribution in [0.5, 0.6) is 0 Å². The van der Waals surface area contributed by atoms with Crippen molar-refractivity contribution in [3.8, 4) is 0 Å². The minimum atomic E-state index is -1.05. The first-order chi connectivity index (χ1) is 20.3. The van der Waals surface area contributed by atoms with Crippen molar-refractivity contribution in [3.63, 3.8) is 0 Å². The van der Waals surface area contributed by atoms with Crippen LogP contribution < -0.4 is 16.0 Å². The van der Waals surface area contributed by atoms with Crippen molar-refractivity contribution in [2.75, 3.05) is 43.9 Å². The van der Waals surface area contributed by atoms with Gasteiger partial charge in [0.1, 0.15) is 0 Å². The largest absolute Gasteiger partial charge is 0.478 e. The lowest BCUT2D eigenvalue weighted by atomic mass is 9.91. The molecule has 4 N–H and O–H groups in total. The Morgan fingerprint density at radius 2 is 1.74 bits per heavy atom. The Bertz CT molecular complexity index is 1550. The second-order valence-corrected chi connectivity index (χ2v) is 11.0. The molecule has 216 valence electrons. The van der Waals surface area contributed by atoms with Gasteiger partial charge in [-0.3, -0.25) is 19.3 Å². The predicted octanol–water partition coefficient (Wildman–Crippen LogP) is 3.68. The molecule has 0 radical (unpaired) electrons. The van der Waals surface area contributed by atoms with E-state index in [4.69, 9.17) is 4.84 Å². The highest BCUT2D eigenvalue weighted by Crippen LogP contribution is 2.39. The number of rotatable bonds is 9. The number of carbonyl (C=O) groups is 3. The van der Waals surface area contributed by atoms with E-state index in [1.165, 1.54) is 17.6 Å². The maximum atomic E-state index is 13.2. The molecule has 3 aromatic rings. The number of amides is 2. The van der Waals surface area contributed by atoms with Crippen molar-refractivity contribution in [1.82, 2.24) is 15.3 Å². The van der Waals surface area contributed by atoms with Crippen LogP contribution in [-0.2, 0) is 9.63 Å². The van der Waals surface area contributed by atoms with Gasteiger partial charge >= 0.3 is 5.97 Å². The molecule has 10 heteroatoms. The first-order valence-electron chi connectivity index (χ1n) is 14.0. The number of piperidine rings is 1. The van der Waals surface area contributed by atoms with Crippen LogP contribution in [0.2, 0.25) is 0 Å². The fraction of sp³-hybridized carbons (Fsp3) is 0.281. The van der Waals surface area contributed by atoms with E-state index < -0.39 is 5.97 Å².